The van der Waals surface area contributed by atoms with Gasteiger partial charge in [0.15, 0.2) is 0 Å². The Labute approximate surface area is 150 Å². The quantitative estimate of drug-likeness (QED) is 0.632. The molecule has 0 spiro atoms. The van der Waals surface area contributed by atoms with Gasteiger partial charge in [0.2, 0.25) is 0 Å². The number of nitrogens with zero attached hydrogens (tertiary/aromatic N) is 2. The highest BCUT2D eigenvalue weighted by atomic mass is 19.4. The van der Waals surface area contributed by atoms with Crippen LogP contribution in [-0.2, 0) is 32.2 Å². The molecule has 0 amide bonds. The molecule has 2 nitrogen and oxygen atoms in total. The van der Waals surface area contributed by atoms with Gasteiger partial charge in [-0.05, 0) is 60.1 Å². The molecule has 0 radical (unpaired) electrons. The Balaban J connectivity index is 1.69. The van der Waals surface area contributed by atoms with Crippen molar-refractivity contribution in [2.24, 2.45) is 0 Å². The second kappa shape index (κ2) is 6.63. The Kier molecular flexibility index (Phi) is 4.31. The van der Waals surface area contributed by atoms with Crippen molar-refractivity contribution in [2.45, 2.75) is 38.4 Å². The van der Waals surface area contributed by atoms with Crippen molar-refractivity contribution in [3.63, 3.8) is 0 Å². The number of hydrogen-bond acceptors (Lipinski definition) is 1. The topological polar surface area (TPSA) is 17.8 Å². The average Bonchev–Trinajstić information content (AvgIpc) is 3.03. The number of aryl methyl sites for hydroxylation is 4. The molecule has 134 valence electrons. The highest BCUT2D eigenvalue weighted by Crippen LogP contribution is 2.27. The Bertz CT molecular complexity index is 908. The summed E-state index contributed by atoms with van der Waals surface area (Å²) in [7, 11) is 0. The van der Waals surface area contributed by atoms with Crippen molar-refractivity contribution in [2.75, 3.05) is 0 Å². The first-order valence-electron chi connectivity index (χ1n) is 8.76. The molecular formula is C21H19F3N2. The summed E-state index contributed by atoms with van der Waals surface area (Å²) in [5.74, 6) is 0. The molecule has 2 aromatic carbocycles. The van der Waals surface area contributed by atoms with Crippen LogP contribution in [0, 0.1) is 0 Å². The number of benzene rings is 2. The predicted molar refractivity (Wildman–Crippen MR) is 95.0 cm³/mol. The van der Waals surface area contributed by atoms with E-state index in [9.17, 15) is 13.2 Å². The zero-order valence-corrected chi connectivity index (χ0v) is 14.3. The molecule has 5 heteroatoms. The SMILES string of the molecule is FC(F)(F)Cn1ccc(-c2cc3ccc2CCc2ccc(cc2)CC3)n1. The van der Waals surface area contributed by atoms with Gasteiger partial charge in [-0.1, -0.05) is 36.4 Å². The third-order valence-corrected chi connectivity index (χ3v) is 4.84. The molecule has 4 aliphatic rings. The lowest BCUT2D eigenvalue weighted by atomic mass is 9.92. The molecule has 0 fully saturated rings. The van der Waals surface area contributed by atoms with Crippen molar-refractivity contribution >= 4 is 0 Å². The summed E-state index contributed by atoms with van der Waals surface area (Å²) in [6.45, 7) is -1.06. The van der Waals surface area contributed by atoms with Crippen LogP contribution >= 0.6 is 0 Å². The van der Waals surface area contributed by atoms with Crippen LogP contribution in [0.4, 0.5) is 13.2 Å². The minimum Gasteiger partial charge on any atom is -0.263 e. The lowest BCUT2D eigenvalue weighted by molar-refractivity contribution is -0.142. The van der Waals surface area contributed by atoms with Gasteiger partial charge in [-0.3, -0.25) is 4.68 Å². The van der Waals surface area contributed by atoms with Gasteiger partial charge in [0.05, 0.1) is 5.69 Å². The van der Waals surface area contributed by atoms with Crippen LogP contribution in [0.2, 0.25) is 0 Å². The molecule has 0 N–H and O–H groups in total. The number of halogens is 3. The fraction of sp³-hybridized carbons (Fsp3) is 0.286. The number of aromatic nitrogens is 2. The standard InChI is InChI=1S/C21H19F3N2/c22-21(23,24)14-26-12-11-20(25-26)19-13-17-6-5-15-1-3-16(4-2-15)7-9-18(19)10-8-17/h1-4,8,10-13H,5-7,9,14H2. The largest absolute Gasteiger partial charge is 0.408 e. The Morgan fingerprint density at radius 3 is 2.12 bits per heavy atom. The Hall–Kier alpha value is -2.56. The number of rotatable bonds is 2. The minimum absolute atomic E-state index is 0.608. The fourth-order valence-electron chi connectivity index (χ4n) is 3.45. The van der Waals surface area contributed by atoms with E-state index in [4.69, 9.17) is 0 Å². The van der Waals surface area contributed by atoms with Gasteiger partial charge in [-0.15, -0.1) is 0 Å². The summed E-state index contributed by atoms with van der Waals surface area (Å²) in [5.41, 5.74) is 6.42. The summed E-state index contributed by atoms with van der Waals surface area (Å²) in [6.07, 6.45) is 0.714. The van der Waals surface area contributed by atoms with E-state index in [0.29, 0.717) is 5.69 Å². The fourth-order valence-corrected chi connectivity index (χ4v) is 3.45. The molecule has 1 aromatic heterocycles. The van der Waals surface area contributed by atoms with Crippen molar-refractivity contribution in [3.05, 3.63) is 77.0 Å². The van der Waals surface area contributed by atoms with Gasteiger partial charge >= 0.3 is 6.18 Å². The first-order chi connectivity index (χ1) is 12.5. The summed E-state index contributed by atoms with van der Waals surface area (Å²) in [5, 5.41) is 4.17. The lowest BCUT2D eigenvalue weighted by Gasteiger charge is -2.13. The van der Waals surface area contributed by atoms with E-state index < -0.39 is 12.7 Å². The van der Waals surface area contributed by atoms with Crippen LogP contribution in [0.25, 0.3) is 11.3 Å². The molecule has 4 aliphatic carbocycles. The number of alkyl halides is 3. The molecular weight excluding hydrogens is 337 g/mol. The first-order valence-corrected chi connectivity index (χ1v) is 8.76. The predicted octanol–water partition coefficient (Wildman–Crippen LogP) is 5.00. The van der Waals surface area contributed by atoms with Gasteiger partial charge in [0.1, 0.15) is 6.54 Å². The first kappa shape index (κ1) is 16.9. The van der Waals surface area contributed by atoms with E-state index in [0.717, 1.165) is 41.5 Å². The van der Waals surface area contributed by atoms with E-state index >= 15 is 0 Å². The van der Waals surface area contributed by atoms with Crippen molar-refractivity contribution < 1.29 is 13.2 Å². The smallest absolute Gasteiger partial charge is 0.263 e. The highest BCUT2D eigenvalue weighted by molar-refractivity contribution is 5.64. The molecule has 0 saturated carbocycles. The second-order valence-electron chi connectivity index (χ2n) is 6.82. The number of hydrogen-bond donors (Lipinski definition) is 0. The molecule has 0 aliphatic heterocycles. The maximum absolute atomic E-state index is 12.6. The monoisotopic (exact) mass is 356 g/mol. The summed E-state index contributed by atoms with van der Waals surface area (Å²) >= 11 is 0. The van der Waals surface area contributed by atoms with Crippen LogP contribution in [0.1, 0.15) is 22.3 Å². The summed E-state index contributed by atoms with van der Waals surface area (Å²) < 4.78 is 38.8. The third-order valence-electron chi connectivity index (χ3n) is 4.84. The van der Waals surface area contributed by atoms with Crippen molar-refractivity contribution in [1.82, 2.24) is 9.78 Å². The lowest BCUT2D eigenvalue weighted by Crippen LogP contribution is -2.18. The molecule has 1 heterocycles. The molecule has 4 bridgehead atoms. The van der Waals surface area contributed by atoms with Crippen molar-refractivity contribution in [1.29, 1.82) is 0 Å². The summed E-state index contributed by atoms with van der Waals surface area (Å²) in [4.78, 5) is 0. The van der Waals surface area contributed by atoms with E-state index in [1.165, 1.54) is 22.9 Å². The van der Waals surface area contributed by atoms with E-state index in [2.05, 4.69) is 47.6 Å². The minimum atomic E-state index is -4.27. The van der Waals surface area contributed by atoms with Gasteiger partial charge in [-0.2, -0.15) is 18.3 Å². The third kappa shape index (κ3) is 3.82. The highest BCUT2D eigenvalue weighted by Gasteiger charge is 2.28. The Morgan fingerprint density at radius 1 is 0.808 bits per heavy atom. The maximum atomic E-state index is 12.6. The summed E-state index contributed by atoms with van der Waals surface area (Å²) in [6, 6.07) is 16.7. The Morgan fingerprint density at radius 2 is 1.42 bits per heavy atom. The normalized spacial score (nSPS) is 14.3. The maximum Gasteiger partial charge on any atom is 0.408 e. The second-order valence-corrected chi connectivity index (χ2v) is 6.82. The van der Waals surface area contributed by atoms with Crippen LogP contribution < -0.4 is 0 Å². The van der Waals surface area contributed by atoms with E-state index in [-0.39, 0.29) is 0 Å². The van der Waals surface area contributed by atoms with Crippen LogP contribution in [0.15, 0.2) is 54.7 Å². The molecule has 7 rings (SSSR count). The van der Waals surface area contributed by atoms with Gasteiger partial charge < -0.3 is 0 Å². The average molecular weight is 356 g/mol. The van der Waals surface area contributed by atoms with Crippen LogP contribution in [0.3, 0.4) is 0 Å². The van der Waals surface area contributed by atoms with Gasteiger partial charge in [0.25, 0.3) is 0 Å². The molecule has 0 saturated heterocycles. The van der Waals surface area contributed by atoms with Crippen molar-refractivity contribution in [3.8, 4) is 11.3 Å². The molecule has 0 unspecified atom stereocenters. The van der Waals surface area contributed by atoms with Crippen LogP contribution in [0.5, 0.6) is 0 Å². The van der Waals surface area contributed by atoms with E-state index in [1.807, 2.05) is 0 Å². The van der Waals surface area contributed by atoms with Gasteiger partial charge in [-0.25, -0.2) is 0 Å². The molecule has 26 heavy (non-hydrogen) atoms. The molecule has 3 aromatic rings. The van der Waals surface area contributed by atoms with E-state index in [1.54, 1.807) is 6.07 Å². The zero-order valence-electron chi connectivity index (χ0n) is 14.3. The molecule has 0 atom stereocenters. The van der Waals surface area contributed by atoms with Crippen LogP contribution in [-0.4, -0.2) is 16.0 Å². The van der Waals surface area contributed by atoms with Gasteiger partial charge in [0, 0.05) is 11.8 Å². The zero-order chi connectivity index (χ0) is 18.1.